The van der Waals surface area contributed by atoms with E-state index in [1.165, 1.54) is 31.7 Å². The first-order chi connectivity index (χ1) is 7.81. The van der Waals surface area contributed by atoms with E-state index in [1.807, 2.05) is 6.07 Å². The fourth-order valence-corrected chi connectivity index (χ4v) is 2.06. The predicted molar refractivity (Wildman–Crippen MR) is 61.9 cm³/mol. The number of rotatable bonds is 5. The topological polar surface area (TPSA) is 16.1 Å². The maximum absolute atomic E-state index is 13.1. The van der Waals surface area contributed by atoms with Gasteiger partial charge < -0.3 is 4.90 Å². The number of hydrogen-bond donors (Lipinski definition) is 0. The van der Waals surface area contributed by atoms with E-state index in [0.717, 1.165) is 30.7 Å². The minimum Gasteiger partial charge on any atom is -0.356 e. The average molecular weight is 220 g/mol. The molecule has 0 unspecified atom stereocenters. The number of pyridine rings is 1. The van der Waals surface area contributed by atoms with Crippen molar-refractivity contribution in [1.29, 1.82) is 0 Å². The number of anilines is 1. The second kappa shape index (κ2) is 4.04. The van der Waals surface area contributed by atoms with E-state index in [0.29, 0.717) is 0 Å². The van der Waals surface area contributed by atoms with Gasteiger partial charge in [-0.2, -0.15) is 4.39 Å². The van der Waals surface area contributed by atoms with Crippen LogP contribution in [0, 0.1) is 17.8 Å². The third-order valence-electron chi connectivity index (χ3n) is 3.38. The smallest absolute Gasteiger partial charge is 0.214 e. The molecule has 0 radical (unpaired) electrons. The number of nitrogens with zero attached hydrogens (tertiary/aromatic N) is 2. The van der Waals surface area contributed by atoms with Crippen LogP contribution in [0.5, 0.6) is 0 Å². The second-order valence-corrected chi connectivity index (χ2v) is 5.11. The van der Waals surface area contributed by atoms with Gasteiger partial charge in [-0.25, -0.2) is 4.98 Å². The summed E-state index contributed by atoms with van der Waals surface area (Å²) >= 11 is 0. The van der Waals surface area contributed by atoms with Crippen LogP contribution in [0.15, 0.2) is 18.2 Å². The van der Waals surface area contributed by atoms with E-state index in [2.05, 4.69) is 9.88 Å². The van der Waals surface area contributed by atoms with Gasteiger partial charge in [-0.05, 0) is 49.7 Å². The third-order valence-corrected chi connectivity index (χ3v) is 3.38. The Balaban J connectivity index is 1.73. The fraction of sp³-hybridized carbons (Fsp3) is 0.615. The zero-order chi connectivity index (χ0) is 11.0. The Morgan fingerprint density at radius 2 is 1.75 bits per heavy atom. The second-order valence-electron chi connectivity index (χ2n) is 5.11. The zero-order valence-electron chi connectivity index (χ0n) is 9.40. The molecule has 1 aromatic rings. The highest BCUT2D eigenvalue weighted by molar-refractivity contribution is 5.38. The van der Waals surface area contributed by atoms with Crippen LogP contribution in [0.2, 0.25) is 0 Å². The zero-order valence-corrected chi connectivity index (χ0v) is 9.40. The van der Waals surface area contributed by atoms with Gasteiger partial charge in [0.1, 0.15) is 5.82 Å². The quantitative estimate of drug-likeness (QED) is 0.709. The van der Waals surface area contributed by atoms with Crippen LogP contribution in [0.3, 0.4) is 0 Å². The van der Waals surface area contributed by atoms with Crippen LogP contribution in [0.4, 0.5) is 10.2 Å². The summed E-state index contributed by atoms with van der Waals surface area (Å²) in [5.41, 5.74) is 0. The number of aromatic nitrogens is 1. The van der Waals surface area contributed by atoms with Crippen molar-refractivity contribution < 1.29 is 4.39 Å². The lowest BCUT2D eigenvalue weighted by Crippen LogP contribution is -2.29. The Morgan fingerprint density at radius 3 is 2.25 bits per heavy atom. The van der Waals surface area contributed by atoms with Crippen LogP contribution in [0.25, 0.3) is 0 Å². The van der Waals surface area contributed by atoms with Crippen molar-refractivity contribution in [2.75, 3.05) is 18.0 Å². The molecule has 0 aliphatic heterocycles. The monoisotopic (exact) mass is 220 g/mol. The van der Waals surface area contributed by atoms with Gasteiger partial charge in [0.15, 0.2) is 0 Å². The molecule has 2 nitrogen and oxygen atoms in total. The molecule has 86 valence electrons. The molecular weight excluding hydrogens is 203 g/mol. The van der Waals surface area contributed by atoms with Gasteiger partial charge in [0.05, 0.1) is 0 Å². The highest BCUT2D eigenvalue weighted by Crippen LogP contribution is 2.35. The summed E-state index contributed by atoms with van der Waals surface area (Å²) in [7, 11) is 0. The third kappa shape index (κ3) is 2.52. The molecule has 2 saturated carbocycles. The molecule has 3 heteroatoms. The maximum Gasteiger partial charge on any atom is 0.214 e. The van der Waals surface area contributed by atoms with Crippen molar-refractivity contribution >= 4 is 5.82 Å². The van der Waals surface area contributed by atoms with Crippen molar-refractivity contribution in [1.82, 2.24) is 4.98 Å². The van der Waals surface area contributed by atoms with Crippen LogP contribution in [-0.2, 0) is 0 Å². The van der Waals surface area contributed by atoms with Gasteiger partial charge in [-0.1, -0.05) is 6.07 Å². The molecule has 1 aromatic heterocycles. The van der Waals surface area contributed by atoms with E-state index in [9.17, 15) is 4.39 Å². The summed E-state index contributed by atoms with van der Waals surface area (Å²) in [6.07, 6.45) is 5.32. The molecule has 1 heterocycles. The van der Waals surface area contributed by atoms with E-state index >= 15 is 0 Å². The molecule has 0 N–H and O–H groups in total. The summed E-state index contributed by atoms with van der Waals surface area (Å²) in [6, 6.07) is 5.09. The molecule has 0 atom stereocenters. The summed E-state index contributed by atoms with van der Waals surface area (Å²) < 4.78 is 13.1. The highest BCUT2D eigenvalue weighted by atomic mass is 19.1. The maximum atomic E-state index is 13.1. The van der Waals surface area contributed by atoms with Crippen LogP contribution in [-0.4, -0.2) is 18.1 Å². The standard InChI is InChI=1S/C13H17FN2/c14-12-2-1-3-13(15-12)16(8-10-4-5-10)9-11-6-7-11/h1-3,10-11H,4-9H2. The van der Waals surface area contributed by atoms with Gasteiger partial charge in [0.2, 0.25) is 5.95 Å². The molecule has 0 saturated heterocycles. The first-order valence-electron chi connectivity index (χ1n) is 6.19. The Labute approximate surface area is 95.5 Å². The Kier molecular flexibility index (Phi) is 2.54. The lowest BCUT2D eigenvalue weighted by atomic mass is 10.3. The SMILES string of the molecule is Fc1cccc(N(CC2CC2)CC2CC2)n1. The van der Waals surface area contributed by atoms with Gasteiger partial charge >= 0.3 is 0 Å². The molecule has 2 fully saturated rings. The Morgan fingerprint density at radius 1 is 1.12 bits per heavy atom. The van der Waals surface area contributed by atoms with Gasteiger partial charge in [0.25, 0.3) is 0 Å². The first kappa shape index (κ1) is 10.1. The molecule has 16 heavy (non-hydrogen) atoms. The van der Waals surface area contributed by atoms with E-state index in [-0.39, 0.29) is 5.95 Å². The van der Waals surface area contributed by atoms with Crippen molar-refractivity contribution in [3.63, 3.8) is 0 Å². The molecule has 3 rings (SSSR count). The first-order valence-corrected chi connectivity index (χ1v) is 6.19. The average Bonchev–Trinajstić information content (AvgIpc) is 3.11. The minimum atomic E-state index is -0.367. The van der Waals surface area contributed by atoms with Crippen molar-refractivity contribution in [3.8, 4) is 0 Å². The number of hydrogen-bond acceptors (Lipinski definition) is 2. The molecular formula is C13H17FN2. The Bertz CT molecular complexity index is 358. The van der Waals surface area contributed by atoms with Gasteiger partial charge in [-0.15, -0.1) is 0 Å². The van der Waals surface area contributed by atoms with Crippen molar-refractivity contribution in [3.05, 3.63) is 24.1 Å². The lowest BCUT2D eigenvalue weighted by Gasteiger charge is -2.23. The molecule has 0 spiro atoms. The molecule has 0 aromatic carbocycles. The van der Waals surface area contributed by atoms with E-state index in [1.54, 1.807) is 6.07 Å². The van der Waals surface area contributed by atoms with Crippen LogP contribution in [0.1, 0.15) is 25.7 Å². The molecule has 0 bridgehead atoms. The predicted octanol–water partition coefficient (Wildman–Crippen LogP) is 2.85. The van der Waals surface area contributed by atoms with Crippen molar-refractivity contribution in [2.24, 2.45) is 11.8 Å². The normalized spacial score (nSPS) is 19.8. The summed E-state index contributed by atoms with van der Waals surface area (Å²) in [5, 5.41) is 0. The van der Waals surface area contributed by atoms with Crippen molar-refractivity contribution in [2.45, 2.75) is 25.7 Å². The molecule has 2 aliphatic rings. The lowest BCUT2D eigenvalue weighted by molar-refractivity contribution is 0.576. The Hall–Kier alpha value is -1.12. The van der Waals surface area contributed by atoms with Crippen LogP contribution >= 0.6 is 0 Å². The highest BCUT2D eigenvalue weighted by Gasteiger charge is 2.29. The summed E-state index contributed by atoms with van der Waals surface area (Å²) in [6.45, 7) is 2.12. The van der Waals surface area contributed by atoms with Crippen LogP contribution < -0.4 is 4.90 Å². The van der Waals surface area contributed by atoms with E-state index < -0.39 is 0 Å². The summed E-state index contributed by atoms with van der Waals surface area (Å²) in [4.78, 5) is 6.27. The minimum absolute atomic E-state index is 0.367. The fourth-order valence-electron chi connectivity index (χ4n) is 2.06. The summed E-state index contributed by atoms with van der Waals surface area (Å²) in [5.74, 6) is 2.10. The van der Waals surface area contributed by atoms with Gasteiger partial charge in [-0.3, -0.25) is 0 Å². The molecule has 2 aliphatic carbocycles. The van der Waals surface area contributed by atoms with Gasteiger partial charge in [0, 0.05) is 13.1 Å². The van der Waals surface area contributed by atoms with E-state index in [4.69, 9.17) is 0 Å². The largest absolute Gasteiger partial charge is 0.356 e. The molecule has 0 amide bonds. The number of halogens is 1.